The van der Waals surface area contributed by atoms with Gasteiger partial charge in [-0.15, -0.1) is 10.2 Å². The molecule has 0 atom stereocenters. The number of hydrogen-bond acceptors (Lipinski definition) is 8. The van der Waals surface area contributed by atoms with Gasteiger partial charge >= 0.3 is 16.6 Å². The third-order valence-corrected chi connectivity index (χ3v) is 7.78. The highest BCUT2D eigenvalue weighted by molar-refractivity contribution is 7.99. The minimum Gasteiger partial charge on any atom is -0.497 e. The highest BCUT2D eigenvalue weighted by Crippen LogP contribution is 2.28. The normalized spacial score (nSPS) is 15.0. The Bertz CT molecular complexity index is 1190. The molecular weight excluding hydrogens is 476 g/mol. The molecule has 1 saturated heterocycles. The van der Waals surface area contributed by atoms with Crippen LogP contribution < -0.4 is 9.04 Å². The van der Waals surface area contributed by atoms with Crippen LogP contribution in [0.15, 0.2) is 47.0 Å². The third-order valence-electron chi connectivity index (χ3n) is 4.92. The average Bonchev–Trinajstić information content (AvgIpc) is 3.34. The Balaban J connectivity index is 1.63. The number of methoxy groups -OCH3 is 1. The Morgan fingerprint density at radius 1 is 1.21 bits per heavy atom. The van der Waals surface area contributed by atoms with Gasteiger partial charge < -0.3 is 9.15 Å². The van der Waals surface area contributed by atoms with Crippen molar-refractivity contribution >= 4 is 27.7 Å². The smallest absolute Gasteiger partial charge is 0.314 e. The summed E-state index contributed by atoms with van der Waals surface area (Å²) in [7, 11) is -2.32. The number of hydrogen-bond donors (Lipinski definition) is 0. The van der Waals surface area contributed by atoms with Crippen LogP contribution in [-0.2, 0) is 16.8 Å². The van der Waals surface area contributed by atoms with E-state index in [1.54, 1.807) is 48.2 Å². The summed E-state index contributed by atoms with van der Waals surface area (Å²) in [5.41, 5.74) is 1.24. The number of aromatic nitrogens is 3. The first-order chi connectivity index (χ1) is 15.9. The number of anilines is 1. The first-order valence-corrected chi connectivity index (χ1v) is 12.5. The molecule has 0 amide bonds. The highest BCUT2D eigenvalue weighted by atomic mass is 32.2. The minimum atomic E-state index is -3.84. The molecule has 3 aromatic rings. The van der Waals surface area contributed by atoms with Crippen molar-refractivity contribution in [2.75, 3.05) is 36.0 Å². The predicted octanol–water partition coefficient (Wildman–Crippen LogP) is 3.38. The minimum absolute atomic E-state index is 0.0362. The number of ether oxygens (including phenoxy) is 1. The molecule has 0 bridgehead atoms. The molecule has 1 aromatic carbocycles. The fourth-order valence-electron chi connectivity index (χ4n) is 3.22. The number of alkyl halides is 2. The number of nitrogens with zero attached hydrogens (tertiary/aromatic N) is 5. The zero-order chi connectivity index (χ0) is 23.4. The second kappa shape index (κ2) is 10.0. The Kier molecular flexibility index (Phi) is 7.10. The molecule has 1 aliphatic rings. The molecule has 176 valence electrons. The van der Waals surface area contributed by atoms with Crippen LogP contribution in [0.1, 0.15) is 18.0 Å². The molecule has 13 heteroatoms. The Morgan fingerprint density at radius 2 is 2.00 bits per heavy atom. The second-order valence-electron chi connectivity index (χ2n) is 7.01. The summed E-state index contributed by atoms with van der Waals surface area (Å²) in [6, 6.07) is 9.95. The lowest BCUT2D eigenvalue weighted by Gasteiger charge is -2.33. The van der Waals surface area contributed by atoms with Gasteiger partial charge in [0.05, 0.1) is 30.6 Å². The standard InChI is InChI=1S/C20H21F2N5O4S2/c1-30-17-4-2-3-16(11-17)27(33(28,29)26-7-9-32-10-8-26)13-15-6-5-14(12-23-15)19-24-25-20(31-19)18(21)22/h2-6,11-12,18H,7-10,13H2,1H3. The van der Waals surface area contributed by atoms with Crippen LogP contribution in [0.25, 0.3) is 11.5 Å². The van der Waals surface area contributed by atoms with E-state index in [1.165, 1.54) is 21.9 Å². The fraction of sp³-hybridized carbons (Fsp3) is 0.350. The molecule has 0 unspecified atom stereocenters. The number of thioether (sulfide) groups is 1. The fourth-order valence-corrected chi connectivity index (χ4v) is 5.95. The molecule has 4 rings (SSSR count). The van der Waals surface area contributed by atoms with E-state index in [-0.39, 0.29) is 12.4 Å². The van der Waals surface area contributed by atoms with Crippen LogP contribution >= 0.6 is 11.8 Å². The van der Waals surface area contributed by atoms with Gasteiger partial charge in [-0.3, -0.25) is 9.29 Å². The molecule has 0 aliphatic carbocycles. The molecule has 33 heavy (non-hydrogen) atoms. The number of pyridine rings is 1. The van der Waals surface area contributed by atoms with Crippen LogP contribution in [0.2, 0.25) is 0 Å². The van der Waals surface area contributed by atoms with Crippen LogP contribution in [-0.4, -0.2) is 59.6 Å². The third kappa shape index (κ3) is 5.25. The molecule has 0 N–H and O–H groups in total. The summed E-state index contributed by atoms with van der Waals surface area (Å²) < 4.78 is 65.4. The SMILES string of the molecule is COc1cccc(N(Cc2ccc(-c3nnc(C(F)F)o3)cn2)S(=O)(=O)N2CCSCC2)c1. The monoisotopic (exact) mass is 497 g/mol. The molecule has 3 heterocycles. The van der Waals surface area contributed by atoms with Crippen molar-refractivity contribution in [3.05, 3.63) is 54.2 Å². The van der Waals surface area contributed by atoms with Gasteiger partial charge in [0.15, 0.2) is 0 Å². The zero-order valence-electron chi connectivity index (χ0n) is 17.6. The maximum atomic E-state index is 13.5. The van der Waals surface area contributed by atoms with E-state index >= 15 is 0 Å². The molecule has 0 saturated carbocycles. The topological polar surface area (TPSA) is 102 Å². The Morgan fingerprint density at radius 3 is 2.64 bits per heavy atom. The van der Waals surface area contributed by atoms with Crippen molar-refractivity contribution in [2.45, 2.75) is 13.0 Å². The van der Waals surface area contributed by atoms with E-state index in [0.717, 1.165) is 11.5 Å². The molecule has 1 aliphatic heterocycles. The van der Waals surface area contributed by atoms with E-state index in [1.807, 2.05) is 0 Å². The molecule has 2 aromatic heterocycles. The number of halogens is 2. The van der Waals surface area contributed by atoms with E-state index < -0.39 is 22.5 Å². The Labute approximate surface area is 193 Å². The van der Waals surface area contributed by atoms with Crippen molar-refractivity contribution in [3.8, 4) is 17.2 Å². The first kappa shape index (κ1) is 23.4. The van der Waals surface area contributed by atoms with Gasteiger partial charge in [0.1, 0.15) is 5.75 Å². The maximum Gasteiger partial charge on any atom is 0.314 e. The zero-order valence-corrected chi connectivity index (χ0v) is 19.2. The van der Waals surface area contributed by atoms with Crippen LogP contribution in [0.5, 0.6) is 5.75 Å². The largest absolute Gasteiger partial charge is 0.497 e. The lowest BCUT2D eigenvalue weighted by molar-refractivity contribution is 0.116. The number of rotatable bonds is 8. The van der Waals surface area contributed by atoms with Crippen molar-refractivity contribution in [3.63, 3.8) is 0 Å². The lowest BCUT2D eigenvalue weighted by Crippen LogP contribution is -2.47. The van der Waals surface area contributed by atoms with Crippen LogP contribution in [0.4, 0.5) is 14.5 Å². The van der Waals surface area contributed by atoms with E-state index in [9.17, 15) is 17.2 Å². The molecule has 0 radical (unpaired) electrons. The maximum absolute atomic E-state index is 13.5. The van der Waals surface area contributed by atoms with Crippen LogP contribution in [0, 0.1) is 0 Å². The van der Waals surface area contributed by atoms with E-state index in [0.29, 0.717) is 35.8 Å². The van der Waals surface area contributed by atoms with Crippen molar-refractivity contribution in [2.24, 2.45) is 0 Å². The van der Waals surface area contributed by atoms with Crippen molar-refractivity contribution in [1.29, 1.82) is 0 Å². The van der Waals surface area contributed by atoms with Gasteiger partial charge in [0.2, 0.25) is 5.89 Å². The number of benzene rings is 1. The molecule has 0 spiro atoms. The van der Waals surface area contributed by atoms with Gasteiger partial charge in [-0.1, -0.05) is 6.07 Å². The lowest BCUT2D eigenvalue weighted by atomic mass is 10.2. The van der Waals surface area contributed by atoms with Gasteiger partial charge in [-0.05, 0) is 24.3 Å². The summed E-state index contributed by atoms with van der Waals surface area (Å²) >= 11 is 1.71. The summed E-state index contributed by atoms with van der Waals surface area (Å²) in [5, 5.41) is 6.90. The van der Waals surface area contributed by atoms with Gasteiger partial charge in [0, 0.05) is 36.9 Å². The molecule has 9 nitrogen and oxygen atoms in total. The average molecular weight is 498 g/mol. The van der Waals surface area contributed by atoms with Gasteiger partial charge in [-0.2, -0.15) is 33.3 Å². The first-order valence-electron chi connectivity index (χ1n) is 9.95. The molecule has 1 fully saturated rings. The van der Waals surface area contributed by atoms with Gasteiger partial charge in [0.25, 0.3) is 5.89 Å². The van der Waals surface area contributed by atoms with Crippen molar-refractivity contribution in [1.82, 2.24) is 19.5 Å². The van der Waals surface area contributed by atoms with E-state index in [2.05, 4.69) is 15.2 Å². The summed E-state index contributed by atoms with van der Waals surface area (Å²) in [5.74, 6) is 1.11. The molecular formula is C20H21F2N5O4S2. The predicted molar refractivity (Wildman–Crippen MR) is 119 cm³/mol. The quantitative estimate of drug-likeness (QED) is 0.467. The van der Waals surface area contributed by atoms with Crippen molar-refractivity contribution < 1.29 is 26.4 Å². The van der Waals surface area contributed by atoms with E-state index in [4.69, 9.17) is 9.15 Å². The van der Waals surface area contributed by atoms with Gasteiger partial charge in [-0.25, -0.2) is 0 Å². The summed E-state index contributed by atoms with van der Waals surface area (Å²) in [6.45, 7) is 0.804. The summed E-state index contributed by atoms with van der Waals surface area (Å²) in [4.78, 5) is 4.30. The second-order valence-corrected chi connectivity index (χ2v) is 10.1. The van der Waals surface area contributed by atoms with Crippen LogP contribution in [0.3, 0.4) is 0 Å². The summed E-state index contributed by atoms with van der Waals surface area (Å²) in [6.07, 6.45) is -1.49. The highest BCUT2D eigenvalue weighted by Gasteiger charge is 2.32. The Hall–Kier alpha value is -2.77.